The van der Waals surface area contributed by atoms with E-state index in [9.17, 15) is 4.79 Å². The molecule has 106 valence electrons. The molecule has 3 rings (SSSR count). The minimum absolute atomic E-state index is 0.0517. The predicted octanol–water partition coefficient (Wildman–Crippen LogP) is 4.94. The van der Waals surface area contributed by atoms with E-state index in [0.29, 0.717) is 6.54 Å². The number of nitrogens with zero attached hydrogens (tertiary/aromatic N) is 1. The van der Waals surface area contributed by atoms with Crippen molar-refractivity contribution in [3.8, 4) is 0 Å². The second kappa shape index (κ2) is 6.08. The number of rotatable bonds is 3. The van der Waals surface area contributed by atoms with Gasteiger partial charge >= 0.3 is 0 Å². The summed E-state index contributed by atoms with van der Waals surface area (Å²) in [5.74, 6) is 0. The third kappa shape index (κ3) is 2.92. The highest BCUT2D eigenvalue weighted by Gasteiger charge is 2.08. The van der Waals surface area contributed by atoms with Crippen LogP contribution >= 0.6 is 27.7 Å². The summed E-state index contributed by atoms with van der Waals surface area (Å²) in [6.07, 6.45) is 0. The van der Waals surface area contributed by atoms with Crippen LogP contribution in [0.2, 0.25) is 0 Å². The van der Waals surface area contributed by atoms with Crippen molar-refractivity contribution >= 4 is 38.6 Å². The fraction of sp³-hybridized carbons (Fsp3) is 0.118. The second-order valence-corrected chi connectivity index (χ2v) is 6.70. The van der Waals surface area contributed by atoms with Crippen LogP contribution in [0.3, 0.4) is 0 Å². The summed E-state index contributed by atoms with van der Waals surface area (Å²) in [5.41, 5.74) is 1.04. The Hall–Kier alpha value is -1.52. The van der Waals surface area contributed by atoms with E-state index in [-0.39, 0.29) is 5.56 Å². The molecule has 4 heteroatoms. The lowest BCUT2D eigenvalue weighted by Gasteiger charge is -2.11. The van der Waals surface area contributed by atoms with Crippen molar-refractivity contribution in [1.82, 2.24) is 4.57 Å². The zero-order chi connectivity index (χ0) is 14.8. The first kappa shape index (κ1) is 14.4. The Balaban J connectivity index is 2.14. The number of fused-ring (bicyclic) bond motifs is 1. The summed E-state index contributed by atoms with van der Waals surface area (Å²) in [5, 5.41) is 1.12. The van der Waals surface area contributed by atoms with Gasteiger partial charge in [-0.2, -0.15) is 0 Å². The van der Waals surface area contributed by atoms with Gasteiger partial charge in [-0.1, -0.05) is 45.9 Å². The van der Waals surface area contributed by atoms with Crippen molar-refractivity contribution in [2.75, 3.05) is 0 Å². The molecule has 0 saturated carbocycles. The van der Waals surface area contributed by atoms with Crippen LogP contribution in [-0.4, -0.2) is 4.57 Å². The highest BCUT2D eigenvalue weighted by Crippen LogP contribution is 2.32. The topological polar surface area (TPSA) is 22.0 Å². The average molecular weight is 360 g/mol. The molecule has 21 heavy (non-hydrogen) atoms. The number of benzene rings is 2. The van der Waals surface area contributed by atoms with E-state index in [1.165, 1.54) is 0 Å². The summed E-state index contributed by atoms with van der Waals surface area (Å²) in [7, 11) is 0. The molecule has 0 atom stereocenters. The number of aryl methyl sites for hydroxylation is 1. The number of hydrogen-bond acceptors (Lipinski definition) is 2. The highest BCUT2D eigenvalue weighted by molar-refractivity contribution is 9.10. The Morgan fingerprint density at radius 1 is 1.10 bits per heavy atom. The van der Waals surface area contributed by atoms with Crippen LogP contribution in [0.5, 0.6) is 0 Å². The predicted molar refractivity (Wildman–Crippen MR) is 92.1 cm³/mol. The van der Waals surface area contributed by atoms with Gasteiger partial charge in [0.25, 0.3) is 5.56 Å². The van der Waals surface area contributed by atoms with Crippen molar-refractivity contribution in [2.24, 2.45) is 0 Å². The largest absolute Gasteiger partial charge is 0.308 e. The Morgan fingerprint density at radius 2 is 1.81 bits per heavy atom. The van der Waals surface area contributed by atoms with Crippen LogP contribution in [-0.2, 0) is 6.54 Å². The van der Waals surface area contributed by atoms with E-state index >= 15 is 0 Å². The van der Waals surface area contributed by atoms with Crippen molar-refractivity contribution in [1.29, 1.82) is 0 Å². The third-order valence-corrected chi connectivity index (χ3v) is 4.93. The first-order valence-corrected chi connectivity index (χ1v) is 8.36. The number of aromatic nitrogens is 1. The monoisotopic (exact) mass is 359 g/mol. The van der Waals surface area contributed by atoms with Crippen LogP contribution in [0.25, 0.3) is 10.9 Å². The maximum Gasteiger partial charge on any atom is 0.252 e. The second-order valence-electron chi connectivity index (χ2n) is 4.66. The number of pyridine rings is 1. The maximum absolute atomic E-state index is 12.3. The smallest absolute Gasteiger partial charge is 0.252 e. The molecule has 0 aliphatic heterocycles. The van der Waals surface area contributed by atoms with Gasteiger partial charge in [0.05, 0.1) is 5.52 Å². The first-order chi connectivity index (χ1) is 10.2. The van der Waals surface area contributed by atoms with Crippen molar-refractivity contribution in [3.05, 3.63) is 69.4 Å². The summed E-state index contributed by atoms with van der Waals surface area (Å²) in [4.78, 5) is 14.4. The minimum atomic E-state index is 0.0517. The molecule has 0 N–H and O–H groups in total. The lowest BCUT2D eigenvalue weighted by atomic mass is 10.2. The molecule has 0 aliphatic rings. The van der Waals surface area contributed by atoms with Crippen molar-refractivity contribution in [3.63, 3.8) is 0 Å². The molecule has 0 radical (unpaired) electrons. The molecule has 0 amide bonds. The SMILES string of the molecule is CCn1c(=O)cc(Sc2ccc(Br)cc2)c2ccccc21. The molecule has 0 aliphatic carbocycles. The zero-order valence-electron chi connectivity index (χ0n) is 11.5. The molecule has 3 aromatic rings. The van der Waals surface area contributed by atoms with Gasteiger partial charge in [0.15, 0.2) is 0 Å². The number of hydrogen-bond donors (Lipinski definition) is 0. The van der Waals surface area contributed by atoms with Crippen LogP contribution in [0.1, 0.15) is 6.92 Å². The van der Waals surface area contributed by atoms with E-state index in [1.807, 2.05) is 37.3 Å². The van der Waals surface area contributed by atoms with E-state index in [2.05, 4.69) is 34.1 Å². The Kier molecular flexibility index (Phi) is 4.17. The maximum atomic E-state index is 12.3. The van der Waals surface area contributed by atoms with Gasteiger partial charge < -0.3 is 4.57 Å². The van der Waals surface area contributed by atoms with Gasteiger partial charge in [-0.15, -0.1) is 0 Å². The van der Waals surface area contributed by atoms with Gasteiger partial charge in [-0.25, -0.2) is 0 Å². The lowest BCUT2D eigenvalue weighted by Crippen LogP contribution is -2.18. The molecule has 2 nitrogen and oxygen atoms in total. The Bertz CT molecular complexity index is 840. The quantitative estimate of drug-likeness (QED) is 0.660. The molecule has 0 fully saturated rings. The third-order valence-electron chi connectivity index (χ3n) is 3.34. The standard InChI is InChI=1S/C17H14BrNOS/c1-2-19-15-6-4-3-5-14(15)16(11-17(19)20)21-13-9-7-12(18)8-10-13/h3-11H,2H2,1H3. The van der Waals surface area contributed by atoms with Gasteiger partial charge in [-0.05, 0) is 37.3 Å². The fourth-order valence-electron chi connectivity index (χ4n) is 2.34. The summed E-state index contributed by atoms with van der Waals surface area (Å²) >= 11 is 5.06. The molecule has 1 aromatic heterocycles. The van der Waals surface area contributed by atoms with E-state index < -0.39 is 0 Å². The van der Waals surface area contributed by atoms with Crippen LogP contribution in [0.4, 0.5) is 0 Å². The molecule has 0 unspecified atom stereocenters. The fourth-order valence-corrected chi connectivity index (χ4v) is 3.58. The van der Waals surface area contributed by atoms with Gasteiger partial charge in [-0.3, -0.25) is 4.79 Å². The molecular formula is C17H14BrNOS. The lowest BCUT2D eigenvalue weighted by molar-refractivity contribution is 0.756. The molecule has 2 aromatic carbocycles. The van der Waals surface area contributed by atoms with Crippen LogP contribution in [0, 0.1) is 0 Å². The van der Waals surface area contributed by atoms with Gasteiger partial charge in [0.2, 0.25) is 0 Å². The van der Waals surface area contributed by atoms with Crippen molar-refractivity contribution in [2.45, 2.75) is 23.3 Å². The molecule has 1 heterocycles. The zero-order valence-corrected chi connectivity index (χ0v) is 13.9. The summed E-state index contributed by atoms with van der Waals surface area (Å²) in [6, 6.07) is 17.9. The number of halogens is 1. The van der Waals surface area contributed by atoms with E-state index in [1.54, 1.807) is 22.4 Å². The summed E-state index contributed by atoms with van der Waals surface area (Å²) in [6.45, 7) is 2.68. The molecule has 0 bridgehead atoms. The Labute approximate surface area is 135 Å². The average Bonchev–Trinajstić information content (AvgIpc) is 2.50. The first-order valence-electron chi connectivity index (χ1n) is 6.75. The summed E-state index contributed by atoms with van der Waals surface area (Å²) < 4.78 is 2.86. The normalized spacial score (nSPS) is 11.0. The van der Waals surface area contributed by atoms with Crippen molar-refractivity contribution < 1.29 is 0 Å². The molecular weight excluding hydrogens is 346 g/mol. The molecule has 0 spiro atoms. The van der Waals surface area contributed by atoms with Gasteiger partial charge in [0, 0.05) is 32.3 Å². The Morgan fingerprint density at radius 3 is 2.52 bits per heavy atom. The highest BCUT2D eigenvalue weighted by atomic mass is 79.9. The van der Waals surface area contributed by atoms with Gasteiger partial charge in [0.1, 0.15) is 0 Å². The van der Waals surface area contributed by atoms with E-state index in [4.69, 9.17) is 0 Å². The minimum Gasteiger partial charge on any atom is -0.308 e. The number of para-hydroxylation sites is 1. The molecule has 0 saturated heterocycles. The van der Waals surface area contributed by atoms with E-state index in [0.717, 1.165) is 25.2 Å². The van der Waals surface area contributed by atoms with Crippen LogP contribution < -0.4 is 5.56 Å². The van der Waals surface area contributed by atoms with Crippen LogP contribution in [0.15, 0.2) is 73.7 Å².